The molecule has 152 valence electrons. The zero-order chi connectivity index (χ0) is 20.1. The molecule has 4 heterocycles. The zero-order valence-corrected chi connectivity index (χ0v) is 17.5. The highest BCUT2D eigenvalue weighted by molar-refractivity contribution is 5.69. The molecule has 0 radical (unpaired) electrons. The van der Waals surface area contributed by atoms with E-state index < -0.39 is 0 Å². The van der Waals surface area contributed by atoms with Crippen LogP contribution >= 0.6 is 0 Å². The highest BCUT2D eigenvalue weighted by atomic mass is 16.5. The highest BCUT2D eigenvalue weighted by Gasteiger charge is 2.29. The maximum Gasteiger partial charge on any atom is 0.227 e. The van der Waals surface area contributed by atoms with E-state index in [2.05, 4.69) is 20.3 Å². The average molecular weight is 393 g/mol. The number of anilines is 2. The van der Waals surface area contributed by atoms with Crippen molar-refractivity contribution in [2.45, 2.75) is 52.5 Å². The smallest absolute Gasteiger partial charge is 0.227 e. The minimum atomic E-state index is 0.779. The number of nitrogens with one attached hydrogen (secondary N) is 1. The minimum absolute atomic E-state index is 0.779. The molecule has 3 aromatic heterocycles. The van der Waals surface area contributed by atoms with Crippen molar-refractivity contribution in [3.63, 3.8) is 0 Å². The molecule has 2 aliphatic rings. The third kappa shape index (κ3) is 2.97. The van der Waals surface area contributed by atoms with Gasteiger partial charge in [0.1, 0.15) is 17.3 Å². The lowest BCUT2D eigenvalue weighted by Crippen LogP contribution is -2.33. The first-order valence-corrected chi connectivity index (χ1v) is 10.3. The molecule has 0 saturated carbocycles. The summed E-state index contributed by atoms with van der Waals surface area (Å²) in [6, 6.07) is 0. The van der Waals surface area contributed by atoms with E-state index in [0.29, 0.717) is 0 Å². The number of hydrogen-bond acceptors (Lipinski definition) is 7. The fourth-order valence-corrected chi connectivity index (χ4v) is 4.53. The molecular formula is C21H27N7O. The quantitative estimate of drug-likeness (QED) is 0.732. The van der Waals surface area contributed by atoms with E-state index in [0.717, 1.165) is 66.8 Å². The Labute approximate surface area is 170 Å². The fourth-order valence-electron chi connectivity index (χ4n) is 4.53. The topological polar surface area (TPSA) is 87.0 Å². The fraction of sp³-hybridized carbons (Fsp3) is 0.524. The van der Waals surface area contributed by atoms with E-state index in [1.165, 1.54) is 35.4 Å². The molecule has 8 nitrogen and oxygen atoms in total. The molecule has 0 unspecified atom stereocenters. The van der Waals surface area contributed by atoms with E-state index in [4.69, 9.17) is 14.5 Å². The van der Waals surface area contributed by atoms with Gasteiger partial charge in [0.15, 0.2) is 0 Å². The van der Waals surface area contributed by atoms with Crippen LogP contribution in [-0.4, -0.2) is 46.0 Å². The summed E-state index contributed by atoms with van der Waals surface area (Å²) >= 11 is 0. The molecule has 1 aliphatic heterocycles. The van der Waals surface area contributed by atoms with Gasteiger partial charge < -0.3 is 14.3 Å². The van der Waals surface area contributed by atoms with Crippen molar-refractivity contribution in [1.29, 1.82) is 0 Å². The van der Waals surface area contributed by atoms with Crippen LogP contribution in [0.15, 0.2) is 4.52 Å². The van der Waals surface area contributed by atoms with Crippen molar-refractivity contribution >= 4 is 11.8 Å². The van der Waals surface area contributed by atoms with E-state index in [1.807, 2.05) is 32.8 Å². The molecule has 1 aliphatic carbocycles. The van der Waals surface area contributed by atoms with Gasteiger partial charge in [-0.25, -0.2) is 4.98 Å². The van der Waals surface area contributed by atoms with E-state index in [9.17, 15) is 0 Å². The van der Waals surface area contributed by atoms with Crippen molar-refractivity contribution in [2.75, 3.05) is 30.4 Å². The van der Waals surface area contributed by atoms with Crippen LogP contribution < -0.4 is 9.80 Å². The van der Waals surface area contributed by atoms with E-state index >= 15 is 0 Å². The predicted octanol–water partition coefficient (Wildman–Crippen LogP) is 2.98. The second kappa shape index (κ2) is 6.86. The lowest BCUT2D eigenvalue weighted by molar-refractivity contribution is 0.393. The van der Waals surface area contributed by atoms with Crippen molar-refractivity contribution in [2.24, 2.45) is 0 Å². The Balaban J connectivity index is 1.57. The third-order valence-corrected chi connectivity index (χ3v) is 6.05. The Kier molecular flexibility index (Phi) is 4.29. The summed E-state index contributed by atoms with van der Waals surface area (Å²) < 4.78 is 5.39. The molecule has 0 saturated heterocycles. The van der Waals surface area contributed by atoms with Gasteiger partial charge in [0.05, 0.1) is 17.0 Å². The number of rotatable bonds is 3. The predicted molar refractivity (Wildman–Crippen MR) is 111 cm³/mol. The van der Waals surface area contributed by atoms with Crippen molar-refractivity contribution in [3.8, 4) is 11.3 Å². The molecule has 3 aromatic rings. The number of H-pyrrole nitrogens is 1. The van der Waals surface area contributed by atoms with Crippen LogP contribution in [0.5, 0.6) is 0 Å². The normalized spacial score (nSPS) is 15.9. The Morgan fingerprint density at radius 3 is 2.62 bits per heavy atom. The number of hydrogen-bond donors (Lipinski definition) is 1. The van der Waals surface area contributed by atoms with Crippen LogP contribution in [0.2, 0.25) is 0 Å². The maximum absolute atomic E-state index is 5.39. The molecule has 0 spiro atoms. The zero-order valence-electron chi connectivity index (χ0n) is 17.5. The minimum Gasteiger partial charge on any atom is -0.361 e. The largest absolute Gasteiger partial charge is 0.361 e. The number of aromatic nitrogens is 5. The number of fused-ring (bicyclic) bond motifs is 2. The van der Waals surface area contributed by atoms with Gasteiger partial charge in [-0.2, -0.15) is 10.1 Å². The molecule has 8 heteroatoms. The van der Waals surface area contributed by atoms with Crippen LogP contribution in [0.4, 0.5) is 11.8 Å². The summed E-state index contributed by atoms with van der Waals surface area (Å²) in [6.45, 7) is 5.62. The molecule has 0 amide bonds. The van der Waals surface area contributed by atoms with Gasteiger partial charge >= 0.3 is 0 Å². The monoisotopic (exact) mass is 393 g/mol. The van der Waals surface area contributed by atoms with Crippen molar-refractivity contribution in [3.05, 3.63) is 34.0 Å². The standard InChI is InChI=1S/C21H27N7O/c1-12-18(13(2)29-26-12)19-15-11-28(10-9-17(15)24-25-19)20-14-7-5-6-8-16(14)22-21(23-20)27(3)4/h5-11H2,1-4H3,(H,24,25). The summed E-state index contributed by atoms with van der Waals surface area (Å²) in [5.41, 5.74) is 7.80. The Bertz CT molecular complexity index is 1050. The van der Waals surface area contributed by atoms with Gasteiger partial charge in [-0.1, -0.05) is 5.16 Å². The molecule has 29 heavy (non-hydrogen) atoms. The lowest BCUT2D eigenvalue weighted by Gasteiger charge is -2.32. The van der Waals surface area contributed by atoms with E-state index in [1.54, 1.807) is 0 Å². The Hall–Kier alpha value is -2.90. The number of aromatic amines is 1. The Morgan fingerprint density at radius 2 is 1.86 bits per heavy atom. The highest BCUT2D eigenvalue weighted by Crippen LogP contribution is 2.36. The molecule has 0 fully saturated rings. The second-order valence-corrected chi connectivity index (χ2v) is 8.27. The van der Waals surface area contributed by atoms with Crippen LogP contribution in [0, 0.1) is 13.8 Å². The van der Waals surface area contributed by atoms with Crippen molar-refractivity contribution < 1.29 is 4.52 Å². The maximum atomic E-state index is 5.39. The van der Waals surface area contributed by atoms with Crippen LogP contribution in [0.25, 0.3) is 11.3 Å². The molecule has 0 aromatic carbocycles. The Morgan fingerprint density at radius 1 is 1.03 bits per heavy atom. The van der Waals surface area contributed by atoms with Gasteiger partial charge in [0, 0.05) is 50.4 Å². The van der Waals surface area contributed by atoms with Crippen molar-refractivity contribution in [1.82, 2.24) is 25.3 Å². The van der Waals surface area contributed by atoms with Gasteiger partial charge in [0.25, 0.3) is 0 Å². The van der Waals surface area contributed by atoms with Gasteiger partial charge in [-0.05, 0) is 39.5 Å². The summed E-state index contributed by atoms with van der Waals surface area (Å²) in [4.78, 5) is 14.2. The summed E-state index contributed by atoms with van der Waals surface area (Å²) in [5.74, 6) is 2.70. The second-order valence-electron chi connectivity index (χ2n) is 8.27. The summed E-state index contributed by atoms with van der Waals surface area (Å²) in [5, 5.41) is 12.0. The van der Waals surface area contributed by atoms with Gasteiger partial charge in [-0.15, -0.1) is 0 Å². The van der Waals surface area contributed by atoms with Crippen LogP contribution in [-0.2, 0) is 25.8 Å². The summed E-state index contributed by atoms with van der Waals surface area (Å²) in [6.07, 6.45) is 5.44. The van der Waals surface area contributed by atoms with E-state index in [-0.39, 0.29) is 0 Å². The molecular weight excluding hydrogens is 366 g/mol. The summed E-state index contributed by atoms with van der Waals surface area (Å²) in [7, 11) is 4.02. The number of aryl methyl sites for hydroxylation is 3. The SMILES string of the molecule is Cc1noc(C)c1-c1n[nH]c2c1CN(c1nc(N(C)C)nc3c1CCCC3)CC2. The molecule has 5 rings (SSSR count). The lowest BCUT2D eigenvalue weighted by atomic mass is 9.95. The first kappa shape index (κ1) is 18.1. The average Bonchev–Trinajstić information content (AvgIpc) is 3.28. The molecule has 1 N–H and O–H groups in total. The first-order valence-electron chi connectivity index (χ1n) is 10.3. The number of nitrogens with zero attached hydrogens (tertiary/aromatic N) is 6. The van der Waals surface area contributed by atoms with Gasteiger partial charge in [-0.3, -0.25) is 5.10 Å². The van der Waals surface area contributed by atoms with Gasteiger partial charge in [0.2, 0.25) is 5.95 Å². The van der Waals surface area contributed by atoms with Crippen LogP contribution in [0.3, 0.4) is 0 Å². The molecule has 0 bridgehead atoms. The third-order valence-electron chi connectivity index (χ3n) is 6.05. The van der Waals surface area contributed by atoms with Crippen LogP contribution in [0.1, 0.15) is 46.8 Å². The first-order chi connectivity index (χ1) is 14.0. The molecule has 0 atom stereocenters.